The lowest BCUT2D eigenvalue weighted by molar-refractivity contribution is 0.112. The van der Waals surface area contributed by atoms with Gasteiger partial charge >= 0.3 is 0 Å². The van der Waals surface area contributed by atoms with Crippen LogP contribution in [0.3, 0.4) is 0 Å². The molecule has 0 spiro atoms. The van der Waals surface area contributed by atoms with Crippen molar-refractivity contribution < 1.29 is 9.18 Å². The van der Waals surface area contributed by atoms with Gasteiger partial charge in [-0.25, -0.2) is 4.39 Å². The highest BCUT2D eigenvalue weighted by Gasteiger charge is 2.11. The number of aldehydes is 1. The molecule has 82 valence electrons. The van der Waals surface area contributed by atoms with Crippen LogP contribution < -0.4 is 0 Å². The Kier molecular flexibility index (Phi) is 2.81. The molecule has 3 nitrogen and oxygen atoms in total. The summed E-state index contributed by atoms with van der Waals surface area (Å²) in [4.78, 5) is 10.9. The average Bonchev–Trinajstić information content (AvgIpc) is 2.71. The van der Waals surface area contributed by atoms with Gasteiger partial charge in [0.25, 0.3) is 0 Å². The van der Waals surface area contributed by atoms with Gasteiger partial charge in [0, 0.05) is 12.1 Å². The summed E-state index contributed by atoms with van der Waals surface area (Å²) in [5.41, 5.74) is 1.81. The highest BCUT2D eigenvalue weighted by molar-refractivity contribution is 5.85. The van der Waals surface area contributed by atoms with E-state index in [1.807, 2.05) is 6.92 Å². The summed E-state index contributed by atoms with van der Waals surface area (Å²) in [5.74, 6) is -0.321. The maximum Gasteiger partial charge on any atom is 0.153 e. The summed E-state index contributed by atoms with van der Waals surface area (Å²) in [7, 11) is 0. The topological polar surface area (TPSA) is 34.9 Å². The van der Waals surface area contributed by atoms with Crippen molar-refractivity contribution >= 4 is 6.29 Å². The molecule has 0 aliphatic carbocycles. The quantitative estimate of drug-likeness (QED) is 0.742. The Labute approximate surface area is 92.5 Å². The lowest BCUT2D eigenvalue weighted by atomic mass is 10.1. The molecule has 0 unspecified atom stereocenters. The van der Waals surface area contributed by atoms with Crippen LogP contribution in [0.5, 0.6) is 0 Å². The SMILES string of the molecule is CCn1ncc(C=O)c1-c1cccc(F)c1. The van der Waals surface area contributed by atoms with E-state index >= 15 is 0 Å². The molecule has 4 heteroatoms. The predicted molar refractivity (Wildman–Crippen MR) is 58.7 cm³/mol. The number of rotatable bonds is 3. The van der Waals surface area contributed by atoms with Crippen LogP contribution in [0.4, 0.5) is 4.39 Å². The number of hydrogen-bond donors (Lipinski definition) is 0. The number of nitrogens with zero attached hydrogens (tertiary/aromatic N) is 2. The number of aromatic nitrogens is 2. The van der Waals surface area contributed by atoms with Crippen LogP contribution in [0, 0.1) is 5.82 Å². The van der Waals surface area contributed by atoms with Gasteiger partial charge in [0.1, 0.15) is 5.82 Å². The molecular formula is C12H11FN2O. The van der Waals surface area contributed by atoms with Crippen LogP contribution in [0.1, 0.15) is 17.3 Å². The smallest absolute Gasteiger partial charge is 0.153 e. The highest BCUT2D eigenvalue weighted by Crippen LogP contribution is 2.23. The minimum atomic E-state index is -0.321. The van der Waals surface area contributed by atoms with Crippen molar-refractivity contribution in [2.24, 2.45) is 0 Å². The Morgan fingerprint density at radius 3 is 2.94 bits per heavy atom. The van der Waals surface area contributed by atoms with E-state index in [1.165, 1.54) is 18.3 Å². The average molecular weight is 218 g/mol. The van der Waals surface area contributed by atoms with Crippen molar-refractivity contribution in [3.8, 4) is 11.3 Å². The first-order valence-electron chi connectivity index (χ1n) is 5.03. The minimum absolute atomic E-state index is 0.321. The van der Waals surface area contributed by atoms with Crippen LogP contribution in [-0.2, 0) is 6.54 Å². The van der Waals surface area contributed by atoms with Gasteiger partial charge in [-0.15, -0.1) is 0 Å². The van der Waals surface area contributed by atoms with Gasteiger partial charge in [0.2, 0.25) is 0 Å². The van der Waals surface area contributed by atoms with E-state index in [1.54, 1.807) is 16.8 Å². The monoisotopic (exact) mass is 218 g/mol. The number of benzene rings is 1. The van der Waals surface area contributed by atoms with Gasteiger partial charge in [0.15, 0.2) is 6.29 Å². The van der Waals surface area contributed by atoms with Gasteiger partial charge < -0.3 is 0 Å². The second-order valence-corrected chi connectivity index (χ2v) is 3.39. The summed E-state index contributed by atoms with van der Waals surface area (Å²) >= 11 is 0. The lowest BCUT2D eigenvalue weighted by Crippen LogP contribution is -2.00. The number of carbonyl (C=O) groups excluding carboxylic acids is 1. The summed E-state index contributed by atoms with van der Waals surface area (Å²) in [6.07, 6.45) is 2.23. The van der Waals surface area contributed by atoms with E-state index in [-0.39, 0.29) is 5.82 Å². The molecule has 0 amide bonds. The zero-order valence-corrected chi connectivity index (χ0v) is 8.85. The maximum absolute atomic E-state index is 13.1. The summed E-state index contributed by atoms with van der Waals surface area (Å²) in [6, 6.07) is 6.15. The fourth-order valence-electron chi connectivity index (χ4n) is 1.68. The minimum Gasteiger partial charge on any atom is -0.298 e. The molecule has 16 heavy (non-hydrogen) atoms. The Hall–Kier alpha value is -1.97. The number of halogens is 1. The molecular weight excluding hydrogens is 207 g/mol. The first-order valence-corrected chi connectivity index (χ1v) is 5.03. The molecule has 2 aromatic rings. The van der Waals surface area contributed by atoms with Crippen molar-refractivity contribution in [3.05, 3.63) is 41.8 Å². The third-order valence-corrected chi connectivity index (χ3v) is 2.39. The fraction of sp³-hybridized carbons (Fsp3) is 0.167. The van der Waals surface area contributed by atoms with Gasteiger partial charge in [-0.05, 0) is 19.1 Å². The third kappa shape index (κ3) is 1.74. The summed E-state index contributed by atoms with van der Waals surface area (Å²) in [6.45, 7) is 2.56. The molecule has 0 saturated carbocycles. The van der Waals surface area contributed by atoms with E-state index in [0.717, 1.165) is 6.29 Å². The molecule has 0 radical (unpaired) electrons. The summed E-state index contributed by atoms with van der Waals surface area (Å²) in [5, 5.41) is 4.07. The van der Waals surface area contributed by atoms with Crippen molar-refractivity contribution in [1.29, 1.82) is 0 Å². The maximum atomic E-state index is 13.1. The van der Waals surface area contributed by atoms with Gasteiger partial charge in [-0.1, -0.05) is 12.1 Å². The van der Waals surface area contributed by atoms with Crippen LogP contribution in [0.25, 0.3) is 11.3 Å². The Balaban J connectivity index is 2.61. The molecule has 0 saturated heterocycles. The van der Waals surface area contributed by atoms with Gasteiger partial charge in [0.05, 0.1) is 17.5 Å². The van der Waals surface area contributed by atoms with Crippen molar-refractivity contribution in [2.45, 2.75) is 13.5 Å². The van der Waals surface area contributed by atoms with Crippen molar-refractivity contribution in [3.63, 3.8) is 0 Å². The van der Waals surface area contributed by atoms with E-state index in [0.29, 0.717) is 23.4 Å². The molecule has 2 rings (SSSR count). The number of carbonyl (C=O) groups is 1. The standard InChI is InChI=1S/C12H11FN2O/c1-2-15-12(10(8-16)7-14-15)9-4-3-5-11(13)6-9/h3-8H,2H2,1H3. The Morgan fingerprint density at radius 2 is 2.31 bits per heavy atom. The van der Waals surface area contributed by atoms with E-state index < -0.39 is 0 Å². The number of aryl methyl sites for hydroxylation is 1. The first kappa shape index (κ1) is 10.5. The largest absolute Gasteiger partial charge is 0.298 e. The fourth-order valence-corrected chi connectivity index (χ4v) is 1.68. The second kappa shape index (κ2) is 4.26. The number of hydrogen-bond acceptors (Lipinski definition) is 2. The Morgan fingerprint density at radius 1 is 1.50 bits per heavy atom. The zero-order valence-electron chi connectivity index (χ0n) is 8.85. The van der Waals surface area contributed by atoms with Gasteiger partial charge in [-0.3, -0.25) is 9.48 Å². The van der Waals surface area contributed by atoms with E-state index in [4.69, 9.17) is 0 Å². The second-order valence-electron chi connectivity index (χ2n) is 3.39. The summed E-state index contributed by atoms with van der Waals surface area (Å²) < 4.78 is 14.8. The Bertz CT molecular complexity index is 519. The molecule has 0 fully saturated rings. The van der Waals surface area contributed by atoms with Gasteiger partial charge in [-0.2, -0.15) is 5.10 Å². The normalized spacial score (nSPS) is 10.4. The van der Waals surface area contributed by atoms with Crippen molar-refractivity contribution in [2.75, 3.05) is 0 Å². The van der Waals surface area contributed by atoms with Crippen LogP contribution in [-0.4, -0.2) is 16.1 Å². The third-order valence-electron chi connectivity index (χ3n) is 2.39. The van der Waals surface area contributed by atoms with Crippen LogP contribution >= 0.6 is 0 Å². The molecule has 0 atom stereocenters. The molecule has 1 aromatic carbocycles. The van der Waals surface area contributed by atoms with Crippen LogP contribution in [0.15, 0.2) is 30.5 Å². The molecule has 0 bridgehead atoms. The molecule has 0 N–H and O–H groups in total. The predicted octanol–water partition coefficient (Wildman–Crippen LogP) is 2.52. The lowest BCUT2D eigenvalue weighted by Gasteiger charge is -2.05. The molecule has 0 aliphatic heterocycles. The molecule has 0 aliphatic rings. The first-order chi connectivity index (χ1) is 7.76. The van der Waals surface area contributed by atoms with Crippen molar-refractivity contribution in [1.82, 2.24) is 9.78 Å². The van der Waals surface area contributed by atoms with Crippen LogP contribution in [0.2, 0.25) is 0 Å². The highest BCUT2D eigenvalue weighted by atomic mass is 19.1. The molecule has 1 aromatic heterocycles. The zero-order chi connectivity index (χ0) is 11.5. The van der Waals surface area contributed by atoms with E-state index in [9.17, 15) is 9.18 Å². The van der Waals surface area contributed by atoms with E-state index in [2.05, 4.69) is 5.10 Å². The molecule has 1 heterocycles.